The molecule has 0 aliphatic rings. The zero-order valence-electron chi connectivity index (χ0n) is 12.1. The summed E-state index contributed by atoms with van der Waals surface area (Å²) >= 11 is 0. The summed E-state index contributed by atoms with van der Waals surface area (Å²) in [4.78, 5) is 31.3. The van der Waals surface area contributed by atoms with E-state index in [4.69, 9.17) is 0 Å². The number of H-pyrrole nitrogens is 1. The van der Waals surface area contributed by atoms with Gasteiger partial charge >= 0.3 is 0 Å². The predicted octanol–water partition coefficient (Wildman–Crippen LogP) is 1.60. The molecular formula is C16H16N4O2. The van der Waals surface area contributed by atoms with Gasteiger partial charge in [-0.2, -0.15) is 0 Å². The Hall–Kier alpha value is -2.89. The number of rotatable bonds is 4. The highest BCUT2D eigenvalue weighted by Gasteiger charge is 2.13. The van der Waals surface area contributed by atoms with E-state index in [2.05, 4.69) is 15.3 Å². The Bertz CT molecular complexity index is 832. The molecule has 6 nitrogen and oxygen atoms in total. The maximum Gasteiger partial charge on any atom is 0.250 e. The first-order valence-electron chi connectivity index (χ1n) is 7.03. The van der Waals surface area contributed by atoms with Crippen molar-refractivity contribution in [3.05, 3.63) is 64.8 Å². The Labute approximate surface area is 126 Å². The summed E-state index contributed by atoms with van der Waals surface area (Å²) in [5.74, 6) is 0.455. The normalized spacial score (nSPS) is 12.2. The monoisotopic (exact) mass is 296 g/mol. The second-order valence-electron chi connectivity index (χ2n) is 5.10. The van der Waals surface area contributed by atoms with Gasteiger partial charge in [0.2, 0.25) is 5.91 Å². The Morgan fingerprint density at radius 1 is 1.27 bits per heavy atom. The number of nitrogens with one attached hydrogen (secondary N) is 2. The maximum atomic E-state index is 12.1. The van der Waals surface area contributed by atoms with Crippen molar-refractivity contribution in [1.29, 1.82) is 0 Å². The van der Waals surface area contributed by atoms with Crippen molar-refractivity contribution >= 4 is 16.9 Å². The van der Waals surface area contributed by atoms with Crippen LogP contribution in [0.4, 0.5) is 0 Å². The molecule has 3 aromatic rings. The summed E-state index contributed by atoms with van der Waals surface area (Å²) in [6.45, 7) is 1.84. The van der Waals surface area contributed by atoms with Crippen LogP contribution in [0.1, 0.15) is 18.8 Å². The van der Waals surface area contributed by atoms with Crippen molar-refractivity contribution in [2.75, 3.05) is 0 Å². The first-order chi connectivity index (χ1) is 10.6. The van der Waals surface area contributed by atoms with Gasteiger partial charge in [0.15, 0.2) is 0 Å². The number of pyridine rings is 1. The SMILES string of the molecule is CC(NC(=O)Cn1ccccc1=O)c1nc2ccccc2[nH]1. The second-order valence-corrected chi connectivity index (χ2v) is 5.10. The molecule has 0 fully saturated rings. The Balaban J connectivity index is 1.71. The lowest BCUT2D eigenvalue weighted by Gasteiger charge is -2.12. The molecule has 1 aromatic carbocycles. The number of benzene rings is 1. The summed E-state index contributed by atoms with van der Waals surface area (Å²) in [6.07, 6.45) is 1.59. The largest absolute Gasteiger partial charge is 0.345 e. The van der Waals surface area contributed by atoms with Gasteiger partial charge in [-0.1, -0.05) is 18.2 Å². The molecule has 22 heavy (non-hydrogen) atoms. The number of amides is 1. The standard InChI is InChI=1S/C16H16N4O2/c1-11(16-18-12-6-2-3-7-13(12)19-16)17-14(21)10-20-9-5-4-8-15(20)22/h2-9,11H,10H2,1H3,(H,17,21)(H,18,19). The van der Waals surface area contributed by atoms with E-state index >= 15 is 0 Å². The number of hydrogen-bond acceptors (Lipinski definition) is 3. The van der Waals surface area contributed by atoms with Gasteiger partial charge in [0.25, 0.3) is 5.56 Å². The van der Waals surface area contributed by atoms with E-state index < -0.39 is 0 Å². The van der Waals surface area contributed by atoms with E-state index in [1.54, 1.807) is 18.3 Å². The third kappa shape index (κ3) is 2.90. The number of hydrogen-bond donors (Lipinski definition) is 2. The predicted molar refractivity (Wildman–Crippen MR) is 83.4 cm³/mol. The number of aromatic amines is 1. The van der Waals surface area contributed by atoms with Crippen LogP contribution in [-0.4, -0.2) is 20.4 Å². The van der Waals surface area contributed by atoms with Gasteiger partial charge in [-0.05, 0) is 25.1 Å². The van der Waals surface area contributed by atoms with Crippen LogP contribution < -0.4 is 10.9 Å². The van der Waals surface area contributed by atoms with Crippen LogP contribution in [0.5, 0.6) is 0 Å². The van der Waals surface area contributed by atoms with Gasteiger partial charge in [0, 0.05) is 12.3 Å². The molecular weight excluding hydrogens is 280 g/mol. The van der Waals surface area contributed by atoms with Crippen molar-refractivity contribution in [3.8, 4) is 0 Å². The van der Waals surface area contributed by atoms with Crippen LogP contribution in [-0.2, 0) is 11.3 Å². The summed E-state index contributed by atoms with van der Waals surface area (Å²) in [5.41, 5.74) is 1.59. The fourth-order valence-electron chi connectivity index (χ4n) is 2.28. The Morgan fingerprint density at radius 3 is 2.82 bits per heavy atom. The molecule has 0 aliphatic carbocycles. The maximum absolute atomic E-state index is 12.1. The van der Waals surface area contributed by atoms with Crippen LogP contribution in [0.25, 0.3) is 11.0 Å². The molecule has 1 atom stereocenters. The average Bonchev–Trinajstić information content (AvgIpc) is 2.93. The number of carbonyl (C=O) groups excluding carboxylic acids is 1. The van der Waals surface area contributed by atoms with Gasteiger partial charge in [-0.15, -0.1) is 0 Å². The van der Waals surface area contributed by atoms with Crippen molar-refractivity contribution in [2.24, 2.45) is 0 Å². The zero-order chi connectivity index (χ0) is 15.5. The Kier molecular flexibility index (Phi) is 3.74. The number of fused-ring (bicyclic) bond motifs is 1. The lowest BCUT2D eigenvalue weighted by molar-refractivity contribution is -0.122. The summed E-state index contributed by atoms with van der Waals surface area (Å²) in [5, 5.41) is 2.84. The average molecular weight is 296 g/mol. The fourth-order valence-corrected chi connectivity index (χ4v) is 2.28. The van der Waals surface area contributed by atoms with E-state index in [9.17, 15) is 9.59 Å². The topological polar surface area (TPSA) is 79.8 Å². The van der Waals surface area contributed by atoms with Crippen molar-refractivity contribution in [1.82, 2.24) is 19.9 Å². The molecule has 1 unspecified atom stereocenters. The van der Waals surface area contributed by atoms with Crippen LogP contribution >= 0.6 is 0 Å². The molecule has 112 valence electrons. The van der Waals surface area contributed by atoms with Crippen molar-refractivity contribution < 1.29 is 4.79 Å². The van der Waals surface area contributed by atoms with Crippen molar-refractivity contribution in [3.63, 3.8) is 0 Å². The molecule has 2 N–H and O–H groups in total. The minimum Gasteiger partial charge on any atom is -0.345 e. The van der Waals surface area contributed by atoms with Gasteiger partial charge in [-0.3, -0.25) is 9.59 Å². The molecule has 3 rings (SSSR count). The molecule has 0 aliphatic heterocycles. The van der Waals surface area contributed by atoms with E-state index in [1.165, 1.54) is 10.6 Å². The molecule has 0 saturated heterocycles. The van der Waals surface area contributed by atoms with Gasteiger partial charge in [-0.25, -0.2) is 4.98 Å². The number of carbonyl (C=O) groups is 1. The quantitative estimate of drug-likeness (QED) is 0.767. The van der Waals surface area contributed by atoms with Crippen LogP contribution in [0.3, 0.4) is 0 Å². The van der Waals surface area contributed by atoms with Crippen LogP contribution in [0.2, 0.25) is 0 Å². The van der Waals surface area contributed by atoms with Gasteiger partial charge in [0.1, 0.15) is 12.4 Å². The second kappa shape index (κ2) is 5.85. The first-order valence-corrected chi connectivity index (χ1v) is 7.03. The highest BCUT2D eigenvalue weighted by molar-refractivity contribution is 5.77. The van der Waals surface area contributed by atoms with E-state index in [0.29, 0.717) is 5.82 Å². The van der Waals surface area contributed by atoms with E-state index in [1.807, 2.05) is 31.2 Å². The highest BCUT2D eigenvalue weighted by atomic mass is 16.2. The molecule has 2 aromatic heterocycles. The Morgan fingerprint density at radius 2 is 2.05 bits per heavy atom. The number of nitrogens with zero attached hydrogens (tertiary/aromatic N) is 2. The smallest absolute Gasteiger partial charge is 0.250 e. The fraction of sp³-hybridized carbons (Fsp3) is 0.188. The lowest BCUT2D eigenvalue weighted by Crippen LogP contribution is -2.33. The van der Waals surface area contributed by atoms with Crippen LogP contribution in [0, 0.1) is 0 Å². The van der Waals surface area contributed by atoms with Gasteiger partial charge < -0.3 is 14.9 Å². The highest BCUT2D eigenvalue weighted by Crippen LogP contribution is 2.15. The van der Waals surface area contributed by atoms with E-state index in [-0.39, 0.29) is 24.1 Å². The summed E-state index contributed by atoms with van der Waals surface area (Å²) < 4.78 is 1.36. The van der Waals surface area contributed by atoms with Crippen molar-refractivity contribution in [2.45, 2.75) is 19.5 Å². The molecule has 0 bridgehead atoms. The summed E-state index contributed by atoms with van der Waals surface area (Å²) in [7, 11) is 0. The molecule has 2 heterocycles. The molecule has 0 spiro atoms. The first kappa shape index (κ1) is 14.1. The molecule has 0 saturated carbocycles. The molecule has 1 amide bonds. The van der Waals surface area contributed by atoms with Gasteiger partial charge in [0.05, 0.1) is 17.1 Å². The lowest BCUT2D eigenvalue weighted by atomic mass is 10.3. The molecule has 0 radical (unpaired) electrons. The van der Waals surface area contributed by atoms with E-state index in [0.717, 1.165) is 11.0 Å². The number of imidazole rings is 1. The minimum atomic E-state index is -0.265. The number of aromatic nitrogens is 3. The zero-order valence-corrected chi connectivity index (χ0v) is 12.1. The van der Waals surface area contributed by atoms with Crippen LogP contribution in [0.15, 0.2) is 53.5 Å². The summed E-state index contributed by atoms with van der Waals surface area (Å²) in [6, 6.07) is 12.2. The number of para-hydroxylation sites is 2. The minimum absolute atomic E-state index is 0.00968. The molecule has 6 heteroatoms. The third-order valence-electron chi connectivity index (χ3n) is 3.41. The third-order valence-corrected chi connectivity index (χ3v) is 3.41.